The zero-order chi connectivity index (χ0) is 22.2. The Balaban J connectivity index is 1.36. The number of rotatable bonds is 3. The van der Waals surface area contributed by atoms with Crippen LogP contribution in [0.15, 0.2) is 65.2 Å². The van der Waals surface area contributed by atoms with Crippen molar-refractivity contribution in [1.82, 2.24) is 10.1 Å². The van der Waals surface area contributed by atoms with Crippen molar-refractivity contribution in [3.8, 4) is 11.3 Å². The van der Waals surface area contributed by atoms with Gasteiger partial charge in [-0.2, -0.15) is 0 Å². The summed E-state index contributed by atoms with van der Waals surface area (Å²) in [7, 11) is 0. The molecule has 6 heteroatoms. The molecular formula is C26H24ClN3O2. The molecule has 0 aliphatic carbocycles. The molecule has 3 aromatic carbocycles. The quantitative estimate of drug-likeness (QED) is 0.404. The number of anilines is 1. The summed E-state index contributed by atoms with van der Waals surface area (Å²) in [4.78, 5) is 17.5. The van der Waals surface area contributed by atoms with E-state index in [0.29, 0.717) is 24.4 Å². The van der Waals surface area contributed by atoms with Gasteiger partial charge in [0.1, 0.15) is 5.52 Å². The Bertz CT molecular complexity index is 1290. The van der Waals surface area contributed by atoms with Gasteiger partial charge in [0.2, 0.25) is 0 Å². The van der Waals surface area contributed by atoms with Crippen LogP contribution in [0, 0.1) is 13.8 Å². The highest BCUT2D eigenvalue weighted by molar-refractivity contribution is 6.30. The van der Waals surface area contributed by atoms with Crippen LogP contribution in [-0.2, 0) is 0 Å². The monoisotopic (exact) mass is 445 g/mol. The zero-order valence-electron chi connectivity index (χ0n) is 18.1. The number of benzene rings is 3. The number of hydrogen-bond acceptors (Lipinski definition) is 4. The molecule has 1 saturated heterocycles. The lowest BCUT2D eigenvalue weighted by Crippen LogP contribution is -2.49. The molecule has 0 spiro atoms. The van der Waals surface area contributed by atoms with E-state index >= 15 is 0 Å². The van der Waals surface area contributed by atoms with E-state index in [1.54, 1.807) is 0 Å². The third-order valence-corrected chi connectivity index (χ3v) is 6.35. The van der Waals surface area contributed by atoms with E-state index in [2.05, 4.69) is 17.0 Å². The molecule has 32 heavy (non-hydrogen) atoms. The molecule has 1 aromatic heterocycles. The number of piperazine rings is 1. The van der Waals surface area contributed by atoms with E-state index in [1.807, 2.05) is 72.5 Å². The standard InChI is InChI=1S/C26H24ClN3O2/c1-17-3-6-19(7-4-17)25-22-15-20(8-10-23(22)28-32-25)26(31)30-13-11-29(12-14-30)24-16-21(27)9-5-18(24)2/h3-10,15-16H,11-14H2,1-2H3. The Morgan fingerprint density at radius 1 is 0.938 bits per heavy atom. The summed E-state index contributed by atoms with van der Waals surface area (Å²) in [5.41, 5.74) is 5.86. The van der Waals surface area contributed by atoms with Crippen molar-refractivity contribution in [1.29, 1.82) is 0 Å². The van der Waals surface area contributed by atoms with E-state index in [-0.39, 0.29) is 5.91 Å². The largest absolute Gasteiger partial charge is 0.368 e. The SMILES string of the molecule is Cc1ccc(-c2onc3ccc(C(=O)N4CCN(c5cc(Cl)ccc5C)CC4)cc23)cc1. The van der Waals surface area contributed by atoms with Crippen molar-refractivity contribution in [3.63, 3.8) is 0 Å². The molecule has 0 bridgehead atoms. The third-order valence-electron chi connectivity index (χ3n) is 6.12. The predicted octanol–water partition coefficient (Wildman–Crippen LogP) is 5.73. The molecule has 5 nitrogen and oxygen atoms in total. The van der Waals surface area contributed by atoms with Crippen LogP contribution in [0.1, 0.15) is 21.5 Å². The number of carbonyl (C=O) groups excluding carboxylic acids is 1. The zero-order valence-corrected chi connectivity index (χ0v) is 18.9. The lowest BCUT2D eigenvalue weighted by Gasteiger charge is -2.37. The number of aryl methyl sites for hydroxylation is 2. The van der Waals surface area contributed by atoms with Gasteiger partial charge < -0.3 is 14.3 Å². The first-order chi connectivity index (χ1) is 15.5. The fraction of sp³-hybridized carbons (Fsp3) is 0.231. The van der Waals surface area contributed by atoms with E-state index < -0.39 is 0 Å². The Morgan fingerprint density at radius 3 is 2.44 bits per heavy atom. The molecule has 0 saturated carbocycles. The third kappa shape index (κ3) is 3.84. The lowest BCUT2D eigenvalue weighted by atomic mass is 10.0. The number of carbonyl (C=O) groups is 1. The summed E-state index contributed by atoms with van der Waals surface area (Å²) < 4.78 is 5.61. The molecule has 4 aromatic rings. The van der Waals surface area contributed by atoms with Crippen LogP contribution in [-0.4, -0.2) is 42.1 Å². The molecule has 1 aliphatic heterocycles. The highest BCUT2D eigenvalue weighted by Gasteiger charge is 2.24. The highest BCUT2D eigenvalue weighted by atomic mass is 35.5. The average Bonchev–Trinajstić information content (AvgIpc) is 3.24. The van der Waals surface area contributed by atoms with Crippen molar-refractivity contribution in [2.45, 2.75) is 13.8 Å². The fourth-order valence-corrected chi connectivity index (χ4v) is 4.41. The first-order valence-corrected chi connectivity index (χ1v) is 11.1. The summed E-state index contributed by atoms with van der Waals surface area (Å²) in [5.74, 6) is 0.723. The maximum atomic E-state index is 13.3. The van der Waals surface area contributed by atoms with Gasteiger partial charge in [-0.1, -0.05) is 52.7 Å². The molecule has 1 amide bonds. The minimum atomic E-state index is 0.0328. The summed E-state index contributed by atoms with van der Waals surface area (Å²) in [5, 5.41) is 5.76. The number of aromatic nitrogens is 1. The smallest absolute Gasteiger partial charge is 0.254 e. The van der Waals surface area contributed by atoms with Crippen LogP contribution in [0.2, 0.25) is 5.02 Å². The molecule has 162 valence electrons. The molecule has 0 atom stereocenters. The summed E-state index contributed by atoms with van der Waals surface area (Å²) in [6.45, 7) is 7.01. The molecule has 1 fully saturated rings. The van der Waals surface area contributed by atoms with Gasteiger partial charge in [0, 0.05) is 48.0 Å². The van der Waals surface area contributed by atoms with Crippen LogP contribution in [0.5, 0.6) is 0 Å². The van der Waals surface area contributed by atoms with Crippen LogP contribution < -0.4 is 4.90 Å². The van der Waals surface area contributed by atoms with E-state index in [1.165, 1.54) is 11.1 Å². The predicted molar refractivity (Wildman–Crippen MR) is 128 cm³/mol. The minimum absolute atomic E-state index is 0.0328. The molecule has 5 rings (SSSR count). The van der Waals surface area contributed by atoms with Gasteiger partial charge in [-0.3, -0.25) is 4.79 Å². The van der Waals surface area contributed by atoms with Gasteiger partial charge in [0.15, 0.2) is 5.76 Å². The molecule has 1 aliphatic rings. The topological polar surface area (TPSA) is 49.6 Å². The Labute approximate surface area is 192 Å². The van der Waals surface area contributed by atoms with Crippen LogP contribution >= 0.6 is 11.6 Å². The van der Waals surface area contributed by atoms with Gasteiger partial charge in [0.25, 0.3) is 5.91 Å². The maximum absolute atomic E-state index is 13.3. The number of fused-ring (bicyclic) bond motifs is 1. The first-order valence-electron chi connectivity index (χ1n) is 10.8. The maximum Gasteiger partial charge on any atom is 0.254 e. The van der Waals surface area contributed by atoms with Gasteiger partial charge >= 0.3 is 0 Å². The highest BCUT2D eigenvalue weighted by Crippen LogP contribution is 2.30. The van der Waals surface area contributed by atoms with Crippen LogP contribution in [0.4, 0.5) is 5.69 Å². The van der Waals surface area contributed by atoms with E-state index in [0.717, 1.165) is 40.3 Å². The Morgan fingerprint density at radius 2 is 1.69 bits per heavy atom. The van der Waals surface area contributed by atoms with Crippen LogP contribution in [0.3, 0.4) is 0 Å². The van der Waals surface area contributed by atoms with E-state index in [9.17, 15) is 4.79 Å². The fourth-order valence-electron chi connectivity index (χ4n) is 4.24. The van der Waals surface area contributed by atoms with Crippen molar-refractivity contribution >= 4 is 34.1 Å². The second-order valence-electron chi connectivity index (χ2n) is 8.32. The van der Waals surface area contributed by atoms with Gasteiger partial charge in [-0.25, -0.2) is 0 Å². The number of hydrogen-bond donors (Lipinski definition) is 0. The lowest BCUT2D eigenvalue weighted by molar-refractivity contribution is 0.0747. The molecule has 2 heterocycles. The van der Waals surface area contributed by atoms with Crippen molar-refractivity contribution in [3.05, 3.63) is 82.4 Å². The molecule has 0 unspecified atom stereocenters. The molecule has 0 radical (unpaired) electrons. The number of amides is 1. The average molecular weight is 446 g/mol. The Hall–Kier alpha value is -3.31. The second-order valence-corrected chi connectivity index (χ2v) is 8.76. The summed E-state index contributed by atoms with van der Waals surface area (Å²) >= 11 is 6.19. The second kappa shape index (κ2) is 8.32. The van der Waals surface area contributed by atoms with Crippen molar-refractivity contribution in [2.24, 2.45) is 0 Å². The molecular weight excluding hydrogens is 422 g/mol. The van der Waals surface area contributed by atoms with Crippen molar-refractivity contribution in [2.75, 3.05) is 31.1 Å². The summed E-state index contributed by atoms with van der Waals surface area (Å²) in [6, 6.07) is 19.6. The number of halogens is 1. The first kappa shape index (κ1) is 20.6. The minimum Gasteiger partial charge on any atom is -0.368 e. The molecule has 0 N–H and O–H groups in total. The number of nitrogens with zero attached hydrogens (tertiary/aromatic N) is 3. The van der Waals surface area contributed by atoms with Gasteiger partial charge in [-0.15, -0.1) is 0 Å². The Kier molecular flexibility index (Phi) is 5.35. The summed E-state index contributed by atoms with van der Waals surface area (Å²) in [6.07, 6.45) is 0. The van der Waals surface area contributed by atoms with Crippen molar-refractivity contribution < 1.29 is 9.32 Å². The van der Waals surface area contributed by atoms with Gasteiger partial charge in [-0.05, 0) is 49.7 Å². The van der Waals surface area contributed by atoms with Gasteiger partial charge in [0.05, 0.1) is 5.39 Å². The van der Waals surface area contributed by atoms with E-state index in [4.69, 9.17) is 16.1 Å². The van der Waals surface area contributed by atoms with Crippen LogP contribution in [0.25, 0.3) is 22.2 Å². The normalized spacial score (nSPS) is 14.2.